The van der Waals surface area contributed by atoms with Gasteiger partial charge in [-0.1, -0.05) is 18.5 Å². The number of methoxy groups -OCH3 is 1. The van der Waals surface area contributed by atoms with Crippen molar-refractivity contribution in [3.8, 4) is 0 Å². The second-order valence-corrected chi connectivity index (χ2v) is 5.47. The summed E-state index contributed by atoms with van der Waals surface area (Å²) in [7, 11) is 1.33. The second kappa shape index (κ2) is 6.61. The van der Waals surface area contributed by atoms with E-state index >= 15 is 0 Å². The minimum absolute atomic E-state index is 0.0172. The monoisotopic (exact) mass is 289 g/mol. The summed E-state index contributed by atoms with van der Waals surface area (Å²) in [5.74, 6) is -0.298. The summed E-state index contributed by atoms with van der Waals surface area (Å²) in [5, 5.41) is 10.8. The third-order valence-electron chi connectivity index (χ3n) is 2.14. The molecule has 1 aromatic carbocycles. The van der Waals surface area contributed by atoms with Gasteiger partial charge >= 0.3 is 5.97 Å². The molecule has 0 spiro atoms. The molecule has 0 aliphatic carbocycles. The number of thioether (sulfide) groups is 1. The van der Waals surface area contributed by atoms with E-state index < -0.39 is 4.92 Å². The first-order valence-corrected chi connectivity index (χ1v) is 6.37. The molecule has 98 valence electrons. The number of nitro groups is 1. The molecule has 0 radical (unpaired) electrons. The highest BCUT2D eigenvalue weighted by Gasteiger charge is 2.14. The molecule has 0 aromatic heterocycles. The number of carbonyl (C=O) groups excluding carboxylic acids is 1. The summed E-state index contributed by atoms with van der Waals surface area (Å²) < 4.78 is 4.56. The van der Waals surface area contributed by atoms with Crippen LogP contribution in [0.3, 0.4) is 0 Å². The smallest absolute Gasteiger partial charge is 0.306 e. The van der Waals surface area contributed by atoms with Crippen LogP contribution in [0.15, 0.2) is 23.1 Å². The minimum atomic E-state index is -0.502. The number of ether oxygens (including phenoxy) is 1. The summed E-state index contributed by atoms with van der Waals surface area (Å²) in [4.78, 5) is 21.8. The molecule has 5 nitrogen and oxygen atoms in total. The van der Waals surface area contributed by atoms with Crippen molar-refractivity contribution in [1.29, 1.82) is 0 Å². The fraction of sp³-hybridized carbons (Fsp3) is 0.364. The van der Waals surface area contributed by atoms with E-state index in [0.717, 1.165) is 0 Å². The van der Waals surface area contributed by atoms with Crippen LogP contribution in [0, 0.1) is 10.1 Å². The quantitative estimate of drug-likeness (QED) is 0.360. The average Bonchev–Trinajstić information content (AvgIpc) is 2.31. The van der Waals surface area contributed by atoms with Gasteiger partial charge in [-0.3, -0.25) is 14.9 Å². The summed E-state index contributed by atoms with van der Waals surface area (Å²) in [6, 6.07) is 4.27. The van der Waals surface area contributed by atoms with Gasteiger partial charge in [0.25, 0.3) is 5.69 Å². The Labute approximate surface area is 114 Å². The fourth-order valence-corrected chi connectivity index (χ4v) is 2.55. The Bertz CT molecular complexity index is 466. The maximum absolute atomic E-state index is 11.1. The van der Waals surface area contributed by atoms with Gasteiger partial charge in [0.1, 0.15) is 0 Å². The van der Waals surface area contributed by atoms with Gasteiger partial charge in [0, 0.05) is 22.3 Å². The first kappa shape index (κ1) is 14.8. The lowest BCUT2D eigenvalue weighted by molar-refractivity contribution is -0.384. The summed E-state index contributed by atoms with van der Waals surface area (Å²) in [6.45, 7) is 1.86. The SMILES string of the molecule is COC(=O)CC(C)Sc1ccc([N+](=O)[O-])cc1Cl. The molecule has 0 bridgehead atoms. The molecule has 18 heavy (non-hydrogen) atoms. The van der Waals surface area contributed by atoms with Crippen molar-refractivity contribution in [3.63, 3.8) is 0 Å². The molecule has 0 saturated carbocycles. The predicted molar refractivity (Wildman–Crippen MR) is 70.1 cm³/mol. The Balaban J connectivity index is 2.73. The van der Waals surface area contributed by atoms with Gasteiger partial charge in [-0.05, 0) is 6.07 Å². The number of rotatable bonds is 5. The van der Waals surface area contributed by atoms with Crippen LogP contribution in [0.2, 0.25) is 5.02 Å². The van der Waals surface area contributed by atoms with E-state index in [1.54, 1.807) is 6.07 Å². The highest BCUT2D eigenvalue weighted by molar-refractivity contribution is 8.00. The molecular weight excluding hydrogens is 278 g/mol. The molecule has 0 saturated heterocycles. The van der Waals surface area contributed by atoms with E-state index in [-0.39, 0.29) is 23.3 Å². The molecule has 0 heterocycles. The number of carbonyl (C=O) groups is 1. The molecule has 0 fully saturated rings. The molecule has 0 amide bonds. The molecule has 1 aromatic rings. The first-order valence-electron chi connectivity index (χ1n) is 5.11. The van der Waals surface area contributed by atoms with Crippen molar-refractivity contribution in [3.05, 3.63) is 33.3 Å². The molecule has 1 atom stereocenters. The number of nitro benzene ring substituents is 1. The molecule has 0 aliphatic heterocycles. The maximum Gasteiger partial charge on any atom is 0.306 e. The number of benzene rings is 1. The van der Waals surface area contributed by atoms with Gasteiger partial charge in [-0.15, -0.1) is 11.8 Å². The fourth-order valence-electron chi connectivity index (χ4n) is 1.28. The molecule has 1 unspecified atom stereocenters. The van der Waals surface area contributed by atoms with E-state index in [0.29, 0.717) is 9.92 Å². The van der Waals surface area contributed by atoms with Gasteiger partial charge in [0.15, 0.2) is 0 Å². The van der Waals surface area contributed by atoms with Crippen LogP contribution in [0.1, 0.15) is 13.3 Å². The van der Waals surface area contributed by atoms with Gasteiger partial charge in [-0.25, -0.2) is 0 Å². The van der Waals surface area contributed by atoms with Gasteiger partial charge in [0.2, 0.25) is 0 Å². The number of esters is 1. The van der Waals surface area contributed by atoms with E-state index in [4.69, 9.17) is 11.6 Å². The van der Waals surface area contributed by atoms with Crippen LogP contribution in [0.25, 0.3) is 0 Å². The summed E-state index contributed by atoms with van der Waals surface area (Å²) in [6.07, 6.45) is 0.258. The molecule has 0 aliphatic rings. The van der Waals surface area contributed by atoms with Crippen molar-refractivity contribution >= 4 is 35.0 Å². The number of halogens is 1. The van der Waals surface area contributed by atoms with Crippen LogP contribution < -0.4 is 0 Å². The van der Waals surface area contributed by atoms with Crippen molar-refractivity contribution in [2.24, 2.45) is 0 Å². The maximum atomic E-state index is 11.1. The molecule has 0 N–H and O–H groups in total. The van der Waals surface area contributed by atoms with E-state index in [1.165, 1.54) is 31.0 Å². The zero-order valence-electron chi connectivity index (χ0n) is 9.88. The lowest BCUT2D eigenvalue weighted by atomic mass is 10.3. The Kier molecular flexibility index (Phi) is 5.43. The second-order valence-electron chi connectivity index (χ2n) is 3.58. The normalized spacial score (nSPS) is 11.9. The highest BCUT2D eigenvalue weighted by Crippen LogP contribution is 2.33. The number of non-ortho nitro benzene ring substituents is 1. The van der Waals surface area contributed by atoms with Gasteiger partial charge < -0.3 is 4.74 Å². The third-order valence-corrected chi connectivity index (χ3v) is 3.74. The average molecular weight is 290 g/mol. The topological polar surface area (TPSA) is 69.4 Å². The Morgan fingerprint density at radius 3 is 2.78 bits per heavy atom. The Hall–Kier alpha value is -1.27. The molecular formula is C11H12ClNO4S. The molecule has 1 rings (SSSR count). The predicted octanol–water partition coefficient (Wildman–Crippen LogP) is 3.29. The number of nitrogens with zero attached hydrogens (tertiary/aromatic N) is 1. The largest absolute Gasteiger partial charge is 0.469 e. The van der Waals surface area contributed by atoms with Crippen LogP contribution in [-0.4, -0.2) is 23.3 Å². The lowest BCUT2D eigenvalue weighted by Crippen LogP contribution is -2.08. The first-order chi connectivity index (χ1) is 8.43. The van der Waals surface area contributed by atoms with Crippen molar-refractivity contribution < 1.29 is 14.5 Å². The van der Waals surface area contributed by atoms with Crippen molar-refractivity contribution in [2.75, 3.05) is 7.11 Å². The van der Waals surface area contributed by atoms with E-state index in [1.807, 2.05) is 6.92 Å². The summed E-state index contributed by atoms with van der Waals surface area (Å²) >= 11 is 7.33. The van der Waals surface area contributed by atoms with Crippen molar-refractivity contribution in [2.45, 2.75) is 23.5 Å². The Morgan fingerprint density at radius 2 is 2.28 bits per heavy atom. The van der Waals surface area contributed by atoms with Crippen LogP contribution in [0.5, 0.6) is 0 Å². The number of hydrogen-bond acceptors (Lipinski definition) is 5. The van der Waals surface area contributed by atoms with Crippen molar-refractivity contribution in [1.82, 2.24) is 0 Å². The minimum Gasteiger partial charge on any atom is -0.469 e. The van der Waals surface area contributed by atoms with Gasteiger partial charge in [0.05, 0.1) is 23.5 Å². The van der Waals surface area contributed by atoms with E-state index in [2.05, 4.69) is 4.74 Å². The highest BCUT2D eigenvalue weighted by atomic mass is 35.5. The lowest BCUT2D eigenvalue weighted by Gasteiger charge is -2.10. The number of hydrogen-bond donors (Lipinski definition) is 0. The zero-order valence-corrected chi connectivity index (χ0v) is 11.5. The van der Waals surface area contributed by atoms with Gasteiger partial charge in [-0.2, -0.15) is 0 Å². The standard InChI is InChI=1S/C11H12ClNO4S/c1-7(5-11(14)17-2)18-10-4-3-8(13(15)16)6-9(10)12/h3-4,6-7H,5H2,1-2H3. The zero-order chi connectivity index (χ0) is 13.7. The van der Waals surface area contributed by atoms with E-state index in [9.17, 15) is 14.9 Å². The molecule has 7 heteroatoms. The van der Waals surface area contributed by atoms with Crippen LogP contribution in [-0.2, 0) is 9.53 Å². The van der Waals surface area contributed by atoms with Crippen LogP contribution >= 0.6 is 23.4 Å². The third kappa shape index (κ3) is 4.19. The summed E-state index contributed by atoms with van der Waals surface area (Å²) in [5.41, 5.74) is -0.0510. The Morgan fingerprint density at radius 1 is 1.61 bits per heavy atom. The van der Waals surface area contributed by atoms with Crippen LogP contribution in [0.4, 0.5) is 5.69 Å².